The maximum atomic E-state index is 12.6. The molecule has 2 aromatic carbocycles. The molecule has 0 aliphatic heterocycles. The van der Waals surface area contributed by atoms with Gasteiger partial charge in [0, 0.05) is 18.0 Å². The van der Waals surface area contributed by atoms with Crippen molar-refractivity contribution in [1.82, 2.24) is 4.57 Å². The minimum absolute atomic E-state index is 0.168. The molecule has 0 radical (unpaired) electrons. The van der Waals surface area contributed by atoms with Crippen LogP contribution in [0.5, 0.6) is 0 Å². The van der Waals surface area contributed by atoms with Crippen LogP contribution < -0.4 is 5.43 Å². The summed E-state index contributed by atoms with van der Waals surface area (Å²) >= 11 is 0. The summed E-state index contributed by atoms with van der Waals surface area (Å²) in [4.78, 5) is 12.6. The van der Waals surface area contributed by atoms with Gasteiger partial charge in [0.25, 0.3) is 0 Å². The summed E-state index contributed by atoms with van der Waals surface area (Å²) in [5, 5.41) is 12.5. The van der Waals surface area contributed by atoms with Gasteiger partial charge in [0.1, 0.15) is 11.7 Å². The highest BCUT2D eigenvalue weighted by atomic mass is 16.4. The molecule has 0 saturated carbocycles. The Morgan fingerprint density at radius 2 is 1.83 bits per heavy atom. The summed E-state index contributed by atoms with van der Waals surface area (Å²) in [6, 6.07) is 19.0. The van der Waals surface area contributed by atoms with E-state index in [1.54, 1.807) is 0 Å². The van der Waals surface area contributed by atoms with Gasteiger partial charge in [0.05, 0.1) is 5.52 Å². The number of rotatable bonds is 3. The Bertz CT molecular complexity index is 1110. The third-order valence-electron chi connectivity index (χ3n) is 4.02. The van der Waals surface area contributed by atoms with Crippen molar-refractivity contribution in [2.24, 2.45) is 5.16 Å². The van der Waals surface area contributed by atoms with Crippen LogP contribution in [0.4, 0.5) is 0 Å². The first-order valence-corrected chi connectivity index (χ1v) is 7.54. The highest BCUT2D eigenvalue weighted by molar-refractivity contribution is 6.05. The van der Waals surface area contributed by atoms with Gasteiger partial charge in [-0.15, -0.1) is 0 Å². The molecule has 0 unspecified atom stereocenters. The van der Waals surface area contributed by atoms with Gasteiger partial charge in [-0.2, -0.15) is 0 Å². The van der Waals surface area contributed by atoms with Crippen molar-refractivity contribution in [1.29, 1.82) is 0 Å². The predicted octanol–water partition coefficient (Wildman–Crippen LogP) is 3.60. The second kappa shape index (κ2) is 5.70. The van der Waals surface area contributed by atoms with Gasteiger partial charge in [0.15, 0.2) is 11.3 Å². The minimum atomic E-state index is -0.168. The number of oxime groups is 1. The van der Waals surface area contributed by atoms with E-state index in [1.165, 1.54) is 6.07 Å². The molecule has 0 bridgehead atoms. The zero-order chi connectivity index (χ0) is 16.5. The number of para-hydroxylation sites is 1. The van der Waals surface area contributed by atoms with Crippen LogP contribution in [0, 0.1) is 0 Å². The van der Waals surface area contributed by atoms with E-state index in [4.69, 9.17) is 9.62 Å². The lowest BCUT2D eigenvalue weighted by atomic mass is 10.2. The fourth-order valence-electron chi connectivity index (χ4n) is 3.02. The van der Waals surface area contributed by atoms with Crippen LogP contribution in [-0.2, 0) is 6.54 Å². The maximum absolute atomic E-state index is 12.6. The van der Waals surface area contributed by atoms with E-state index in [9.17, 15) is 4.79 Å². The number of hydrogen-bond acceptors (Lipinski definition) is 4. The zero-order valence-electron chi connectivity index (χ0n) is 12.7. The number of nitrogens with zero attached hydrogens (tertiary/aromatic N) is 2. The average Bonchev–Trinajstić information content (AvgIpc) is 2.91. The first-order chi connectivity index (χ1) is 11.8. The largest absolute Gasteiger partial charge is 0.452 e. The van der Waals surface area contributed by atoms with E-state index in [-0.39, 0.29) is 11.2 Å². The fourth-order valence-corrected chi connectivity index (χ4v) is 3.02. The van der Waals surface area contributed by atoms with Crippen molar-refractivity contribution in [2.45, 2.75) is 6.54 Å². The van der Waals surface area contributed by atoms with Crippen LogP contribution in [0.3, 0.4) is 0 Å². The second-order valence-electron chi connectivity index (χ2n) is 5.52. The quantitative estimate of drug-likeness (QED) is 0.356. The van der Waals surface area contributed by atoms with E-state index in [0.29, 0.717) is 17.6 Å². The van der Waals surface area contributed by atoms with Gasteiger partial charge in [-0.3, -0.25) is 4.79 Å². The van der Waals surface area contributed by atoms with E-state index in [1.807, 2.05) is 59.2 Å². The summed E-state index contributed by atoms with van der Waals surface area (Å²) in [5.41, 5.74) is 2.87. The van der Waals surface area contributed by atoms with Crippen LogP contribution in [0.2, 0.25) is 0 Å². The first-order valence-electron chi connectivity index (χ1n) is 7.54. The molecule has 0 aliphatic carbocycles. The van der Waals surface area contributed by atoms with Crippen molar-refractivity contribution in [3.63, 3.8) is 0 Å². The summed E-state index contributed by atoms with van der Waals surface area (Å²) in [5.74, 6) is 0.220. The van der Waals surface area contributed by atoms with E-state index >= 15 is 0 Å². The summed E-state index contributed by atoms with van der Waals surface area (Å²) in [6.45, 7) is 0.572. The normalized spacial score (nSPS) is 11.7. The molecule has 0 saturated heterocycles. The molecule has 2 heterocycles. The Kier molecular flexibility index (Phi) is 3.39. The van der Waals surface area contributed by atoms with Crippen LogP contribution >= 0.6 is 0 Å². The molecule has 24 heavy (non-hydrogen) atoms. The summed E-state index contributed by atoms with van der Waals surface area (Å²) in [6.07, 6.45) is 1.12. The maximum Gasteiger partial charge on any atom is 0.209 e. The van der Waals surface area contributed by atoms with Crippen molar-refractivity contribution in [3.8, 4) is 0 Å². The molecule has 0 atom stereocenters. The van der Waals surface area contributed by atoms with Gasteiger partial charge in [0.2, 0.25) is 5.43 Å². The Balaban J connectivity index is 2.05. The van der Waals surface area contributed by atoms with Crippen LogP contribution in [0.1, 0.15) is 11.3 Å². The Morgan fingerprint density at radius 3 is 2.62 bits per heavy atom. The molecule has 0 amide bonds. The monoisotopic (exact) mass is 318 g/mol. The standard InChI is InChI=1S/C19H14N2O3/c22-17-10-14(11-20-23)24-19-15-8-4-5-9-16(15)21(18(17)19)12-13-6-2-1-3-7-13/h1-11,23H,12H2/b20-11-. The van der Waals surface area contributed by atoms with Gasteiger partial charge >= 0.3 is 0 Å². The van der Waals surface area contributed by atoms with Crippen molar-refractivity contribution < 1.29 is 9.62 Å². The number of aromatic nitrogens is 1. The lowest BCUT2D eigenvalue weighted by molar-refractivity contribution is 0.321. The number of fused-ring (bicyclic) bond motifs is 3. The minimum Gasteiger partial charge on any atom is -0.452 e. The Morgan fingerprint density at radius 1 is 1.08 bits per heavy atom. The number of benzene rings is 2. The van der Waals surface area contributed by atoms with Gasteiger partial charge in [-0.1, -0.05) is 47.6 Å². The Hall–Kier alpha value is -3.34. The van der Waals surface area contributed by atoms with Crippen LogP contribution in [0.25, 0.3) is 22.0 Å². The Labute approximate surface area is 137 Å². The molecule has 4 aromatic rings. The molecule has 0 spiro atoms. The van der Waals surface area contributed by atoms with Crippen LogP contribution in [-0.4, -0.2) is 16.0 Å². The highest BCUT2D eigenvalue weighted by Gasteiger charge is 2.16. The average molecular weight is 318 g/mol. The molecule has 5 heteroatoms. The molecule has 0 aliphatic rings. The zero-order valence-corrected chi connectivity index (χ0v) is 12.7. The molecule has 2 aromatic heterocycles. The van der Waals surface area contributed by atoms with Crippen molar-refractivity contribution in [2.75, 3.05) is 0 Å². The van der Waals surface area contributed by atoms with Gasteiger partial charge in [-0.25, -0.2) is 0 Å². The first kappa shape index (κ1) is 14.3. The fraction of sp³-hybridized carbons (Fsp3) is 0.0526. The van der Waals surface area contributed by atoms with E-state index < -0.39 is 0 Å². The topological polar surface area (TPSA) is 67.7 Å². The third kappa shape index (κ3) is 2.27. The number of hydrogen-bond donors (Lipinski definition) is 1. The summed E-state index contributed by atoms with van der Waals surface area (Å²) < 4.78 is 7.75. The lowest BCUT2D eigenvalue weighted by Gasteiger charge is -2.06. The molecule has 1 N–H and O–H groups in total. The van der Waals surface area contributed by atoms with Crippen molar-refractivity contribution >= 4 is 28.2 Å². The molecule has 4 rings (SSSR count). The van der Waals surface area contributed by atoms with Crippen LogP contribution in [0.15, 0.2) is 75.0 Å². The third-order valence-corrected chi connectivity index (χ3v) is 4.02. The SMILES string of the molecule is O=c1cc(/C=N\O)oc2c3ccccc3n(Cc3ccccc3)c12. The molecule has 5 nitrogen and oxygen atoms in total. The second-order valence-corrected chi connectivity index (χ2v) is 5.52. The molecule has 118 valence electrons. The smallest absolute Gasteiger partial charge is 0.209 e. The lowest BCUT2D eigenvalue weighted by Crippen LogP contribution is -2.09. The molecular formula is C19H14N2O3. The predicted molar refractivity (Wildman–Crippen MR) is 92.9 cm³/mol. The van der Waals surface area contributed by atoms with Crippen molar-refractivity contribution in [3.05, 3.63) is 82.2 Å². The van der Waals surface area contributed by atoms with E-state index in [0.717, 1.165) is 22.7 Å². The van der Waals surface area contributed by atoms with E-state index in [2.05, 4.69) is 5.16 Å². The van der Waals surface area contributed by atoms with Gasteiger partial charge in [-0.05, 0) is 17.7 Å². The highest BCUT2D eigenvalue weighted by Crippen LogP contribution is 2.28. The van der Waals surface area contributed by atoms with Gasteiger partial charge < -0.3 is 14.2 Å². The summed E-state index contributed by atoms with van der Waals surface area (Å²) in [7, 11) is 0. The molecular weight excluding hydrogens is 304 g/mol. The molecule has 0 fully saturated rings.